The second-order valence-electron chi connectivity index (χ2n) is 34.4. The zero-order chi connectivity index (χ0) is 91.6. The van der Waals surface area contributed by atoms with Crippen LogP contribution in [-0.2, 0) is 0 Å². The largest absolute Gasteiger partial charge is 0.265 e. The van der Waals surface area contributed by atoms with Crippen molar-refractivity contribution in [1.82, 2.24) is 49.8 Å². The third-order valence-electron chi connectivity index (χ3n) is 26.3. The highest BCUT2D eigenvalue weighted by Crippen LogP contribution is 2.45. The van der Waals surface area contributed by atoms with Gasteiger partial charge in [-0.25, -0.2) is 39.9 Å². The van der Waals surface area contributed by atoms with Crippen LogP contribution in [0, 0.1) is 0 Å². The summed E-state index contributed by atoms with van der Waals surface area (Å²) in [6.07, 6.45) is 8.60. The van der Waals surface area contributed by atoms with Gasteiger partial charge >= 0.3 is 0 Å². The molecule has 644 valence electrons. The van der Waals surface area contributed by atoms with Crippen LogP contribution in [0.1, 0.15) is 0 Å². The molecule has 5 heterocycles. The van der Waals surface area contributed by atoms with Crippen LogP contribution in [-0.4, -0.2) is 49.8 Å². The minimum absolute atomic E-state index is 0.593. The van der Waals surface area contributed by atoms with Crippen LogP contribution in [0.5, 0.6) is 0 Å². The first-order valence-corrected chi connectivity index (χ1v) is 46.4. The Morgan fingerprint density at radius 1 is 0.116 bits per heavy atom. The number of pyridine rings is 2. The lowest BCUT2D eigenvalue weighted by Crippen LogP contribution is -2.01. The van der Waals surface area contributed by atoms with Crippen molar-refractivity contribution in [3.63, 3.8) is 0 Å². The molecule has 5 aromatic heterocycles. The van der Waals surface area contributed by atoms with Crippen LogP contribution in [0.3, 0.4) is 0 Å². The Labute approximate surface area is 797 Å². The van der Waals surface area contributed by atoms with Crippen LogP contribution in [0.4, 0.5) is 0 Å². The van der Waals surface area contributed by atoms with Gasteiger partial charge in [0.25, 0.3) is 0 Å². The highest BCUT2D eigenvalue weighted by molar-refractivity contribution is 6.28. The van der Waals surface area contributed by atoms with Crippen LogP contribution in [0.2, 0.25) is 0 Å². The van der Waals surface area contributed by atoms with Gasteiger partial charge in [-0.05, 0) is 212 Å². The zero-order valence-corrected chi connectivity index (χ0v) is 74.8. The van der Waals surface area contributed by atoms with E-state index in [9.17, 15) is 0 Å². The highest BCUT2D eigenvalue weighted by Gasteiger charge is 2.22. The first kappa shape index (κ1) is 82.5. The molecule has 26 aromatic rings. The molecule has 0 saturated carbocycles. The molecule has 0 bridgehead atoms. The molecule has 0 saturated heterocycles. The molecule has 0 N–H and O–H groups in total. The summed E-state index contributed by atoms with van der Waals surface area (Å²) < 4.78 is 0. The molecule has 0 atom stereocenters. The van der Waals surface area contributed by atoms with Gasteiger partial charge in [0.05, 0.1) is 11.4 Å². The fraction of sp³-hybridized carbons (Fsp3) is 0. The van der Waals surface area contributed by atoms with E-state index in [0.717, 1.165) is 94.8 Å². The van der Waals surface area contributed by atoms with Gasteiger partial charge < -0.3 is 0 Å². The van der Waals surface area contributed by atoms with Gasteiger partial charge in [0.2, 0.25) is 0 Å². The van der Waals surface area contributed by atoms with Crippen LogP contribution in [0.15, 0.2) is 498 Å². The van der Waals surface area contributed by atoms with Gasteiger partial charge in [-0.1, -0.05) is 419 Å². The minimum atomic E-state index is 0.593. The Hall–Kier alpha value is -18.6. The first-order valence-electron chi connectivity index (χ1n) is 46.4. The monoisotopic (exact) mass is 1760 g/mol. The Bertz CT molecular complexity index is 8520. The van der Waals surface area contributed by atoms with E-state index in [1.54, 1.807) is 31.1 Å². The van der Waals surface area contributed by atoms with Gasteiger partial charge in [-0.15, -0.1) is 0 Å². The Kier molecular flexibility index (Phi) is 21.8. The Balaban J connectivity index is 0.000000113. The fourth-order valence-corrected chi connectivity index (χ4v) is 19.6. The SMILES string of the molecule is c1ccc(-c2cc(-c3ccccc3-c3ccc(-c4ccc5c6ccccc6c6ccccc6c5c4)cc3)nc(-c3ccccc3)n2)cc1.c1ccc(-c2nc(-c3ccncc3)nc(-c3ccncc3)n2)c(-c2ccc(-c3ccc4c5ccccc5c5ccccc5c4c3)cc2)c1.c1ccc(-c2ncnc(-c3ccccc3-c3ccc(-c4ccc5c6ccccc6c6ccccc6c5c4)cc3)n2)cc1. The average molecular weight is 1760 g/mol. The smallest absolute Gasteiger partial charge is 0.164 e. The molecule has 21 aromatic carbocycles. The van der Waals surface area contributed by atoms with Crippen molar-refractivity contribution < 1.29 is 0 Å². The zero-order valence-electron chi connectivity index (χ0n) is 74.8. The van der Waals surface area contributed by atoms with Gasteiger partial charge in [-0.2, -0.15) is 0 Å². The maximum atomic E-state index is 5.11. The lowest BCUT2D eigenvalue weighted by Gasteiger charge is -2.14. The Morgan fingerprint density at radius 2 is 0.348 bits per heavy atom. The molecule has 0 spiro atoms. The quantitative estimate of drug-likeness (QED) is 0.0971. The second kappa shape index (κ2) is 36.5. The van der Waals surface area contributed by atoms with Crippen molar-refractivity contribution >= 4 is 97.0 Å². The lowest BCUT2D eigenvalue weighted by molar-refractivity contribution is 1.07. The second-order valence-corrected chi connectivity index (χ2v) is 34.4. The summed E-state index contributed by atoms with van der Waals surface area (Å²) in [5, 5.41) is 23.1. The first-order chi connectivity index (χ1) is 68.4. The van der Waals surface area contributed by atoms with Crippen LogP contribution in [0.25, 0.3) is 255 Å². The minimum Gasteiger partial charge on any atom is -0.265 e. The Morgan fingerprint density at radius 3 is 0.710 bits per heavy atom. The molecule has 26 rings (SSSR count). The number of benzene rings is 21. The molecule has 0 aliphatic rings. The molecule has 0 fully saturated rings. The molecular weight excluding hydrogens is 1680 g/mol. The molecule has 0 unspecified atom stereocenters. The predicted octanol–water partition coefficient (Wildman–Crippen LogP) is 32.7. The number of hydrogen-bond donors (Lipinski definition) is 0. The summed E-state index contributed by atoms with van der Waals surface area (Å²) in [6.45, 7) is 0. The van der Waals surface area contributed by atoms with Gasteiger partial charge in [0.1, 0.15) is 6.33 Å². The molecular formula is C128H82N10. The normalized spacial score (nSPS) is 11.3. The molecule has 138 heavy (non-hydrogen) atoms. The van der Waals surface area contributed by atoms with Crippen molar-refractivity contribution in [2.75, 3.05) is 0 Å². The number of nitrogens with zero attached hydrogens (tertiary/aromatic N) is 10. The van der Waals surface area contributed by atoms with Gasteiger partial charge in [0.15, 0.2) is 34.9 Å². The molecule has 0 amide bonds. The van der Waals surface area contributed by atoms with Crippen LogP contribution >= 0.6 is 0 Å². The van der Waals surface area contributed by atoms with E-state index < -0.39 is 0 Å². The van der Waals surface area contributed by atoms with E-state index in [1.807, 2.05) is 91.0 Å². The van der Waals surface area contributed by atoms with Crippen molar-refractivity contribution in [3.8, 4) is 158 Å². The third-order valence-corrected chi connectivity index (χ3v) is 26.3. The van der Waals surface area contributed by atoms with Gasteiger partial charge in [0, 0.05) is 69.3 Å². The summed E-state index contributed by atoms with van der Waals surface area (Å²) >= 11 is 0. The standard InChI is InChI=1S/C46H30N2.C43H27N5.C39H25N3/c1-3-13-33(14-4-1)44-30-45(48-46(47-44)34-15-5-2-6-16-34)42-22-12-7-17-36(42)32-25-23-31(24-26-32)35-27-28-41-39-20-9-8-18-37(39)38-19-10-11-21-40(38)43(41)29-35;1-6-12-39(43-47-41(30-19-23-44-24-20-30)46-42(48-43)31-21-25-45-26-22-31)33(7-1)29-15-13-28(14-16-29)32-17-18-38-36-10-3-2-8-34(36)35-9-4-5-11-37(35)40(38)27-32;1-2-10-28(11-3-1)38-40-25-41-39(42-38)36-17-9-4-12-30(36)27-20-18-26(19-21-27)29-22-23-35-33-15-6-5-13-31(33)32-14-7-8-16-34(32)37(35)24-29/h1-30H;1-27H;1-25H. The summed E-state index contributed by atoms with van der Waals surface area (Å²) in [5.74, 6) is 3.84. The van der Waals surface area contributed by atoms with E-state index in [2.05, 4.69) is 396 Å². The molecule has 10 nitrogen and oxygen atoms in total. The van der Waals surface area contributed by atoms with E-state index in [0.29, 0.717) is 34.9 Å². The van der Waals surface area contributed by atoms with Crippen molar-refractivity contribution in [3.05, 3.63) is 498 Å². The molecule has 0 aliphatic heterocycles. The average Bonchev–Trinajstić information content (AvgIpc) is 0.746. The molecule has 0 radical (unpaired) electrons. The summed E-state index contributed by atoms with van der Waals surface area (Å²) in [6, 6.07) is 165. The highest BCUT2D eigenvalue weighted by atomic mass is 15.0. The lowest BCUT2D eigenvalue weighted by atomic mass is 9.91. The van der Waals surface area contributed by atoms with Crippen molar-refractivity contribution in [2.24, 2.45) is 0 Å². The topological polar surface area (TPSA) is 129 Å². The van der Waals surface area contributed by atoms with Crippen molar-refractivity contribution in [2.45, 2.75) is 0 Å². The number of hydrogen-bond acceptors (Lipinski definition) is 10. The van der Waals surface area contributed by atoms with Gasteiger partial charge in [-0.3, -0.25) is 9.97 Å². The third kappa shape index (κ3) is 16.0. The molecule has 10 heteroatoms. The maximum Gasteiger partial charge on any atom is 0.164 e. The summed E-state index contributed by atoms with van der Waals surface area (Å²) in [5.41, 5.74) is 23.3. The maximum absolute atomic E-state index is 5.11. The fourth-order valence-electron chi connectivity index (χ4n) is 19.6. The number of rotatable bonds is 14. The summed E-state index contributed by atoms with van der Waals surface area (Å²) in [4.78, 5) is 47.0. The molecule has 0 aliphatic carbocycles. The van der Waals surface area contributed by atoms with E-state index >= 15 is 0 Å². The van der Waals surface area contributed by atoms with Crippen molar-refractivity contribution in [1.29, 1.82) is 0 Å². The number of aromatic nitrogens is 10. The summed E-state index contributed by atoms with van der Waals surface area (Å²) in [7, 11) is 0. The van der Waals surface area contributed by atoms with E-state index in [4.69, 9.17) is 29.9 Å². The number of fused-ring (bicyclic) bond motifs is 18. The van der Waals surface area contributed by atoms with E-state index in [-0.39, 0.29) is 0 Å². The van der Waals surface area contributed by atoms with E-state index in [1.165, 1.54) is 125 Å². The predicted molar refractivity (Wildman–Crippen MR) is 571 cm³/mol. The van der Waals surface area contributed by atoms with Crippen LogP contribution < -0.4 is 0 Å².